The molecule has 0 aliphatic carbocycles. The Bertz CT molecular complexity index is 866. The molecular weight excluding hydrogens is 382 g/mol. The minimum Gasteiger partial charge on any atom is -0.490 e. The highest BCUT2D eigenvalue weighted by Gasteiger charge is 2.30. The molecule has 1 N–H and O–H groups in total. The second kappa shape index (κ2) is 9.06. The van der Waals surface area contributed by atoms with Gasteiger partial charge >= 0.3 is 0 Å². The monoisotopic (exact) mass is 401 g/mol. The first-order valence-electron chi connectivity index (χ1n) is 8.60. The molecule has 0 unspecified atom stereocenters. The van der Waals surface area contributed by atoms with Crippen LogP contribution in [0.2, 0.25) is 5.02 Å². The molecule has 1 fully saturated rings. The summed E-state index contributed by atoms with van der Waals surface area (Å²) in [6.07, 6.45) is 2.31. The second-order valence-corrected chi connectivity index (χ2v) is 7.91. The van der Waals surface area contributed by atoms with E-state index in [0.717, 1.165) is 16.9 Å². The van der Waals surface area contributed by atoms with Gasteiger partial charge in [-0.25, -0.2) is 0 Å². The molecule has 7 heteroatoms. The number of hydrogen-bond acceptors (Lipinski definition) is 5. The molecular formula is C20H20ClN3O2S. The molecule has 1 amide bonds. The van der Waals surface area contributed by atoms with Crippen molar-refractivity contribution in [3.63, 3.8) is 0 Å². The van der Waals surface area contributed by atoms with Crippen molar-refractivity contribution in [2.24, 2.45) is 10.2 Å². The number of hydrogen-bond donors (Lipinski definition) is 1. The summed E-state index contributed by atoms with van der Waals surface area (Å²) in [4.78, 5) is 12.2. The molecule has 1 aliphatic rings. The Hall–Kier alpha value is -2.31. The van der Waals surface area contributed by atoms with Crippen molar-refractivity contribution in [2.45, 2.75) is 31.6 Å². The van der Waals surface area contributed by atoms with Crippen LogP contribution < -0.4 is 10.1 Å². The van der Waals surface area contributed by atoms with Crippen LogP contribution in [0.1, 0.15) is 25.0 Å². The van der Waals surface area contributed by atoms with E-state index in [1.807, 2.05) is 62.4 Å². The first kappa shape index (κ1) is 19.5. The van der Waals surface area contributed by atoms with Crippen molar-refractivity contribution in [1.29, 1.82) is 0 Å². The Morgan fingerprint density at radius 2 is 1.96 bits per heavy atom. The Kier molecular flexibility index (Phi) is 6.53. The molecule has 0 saturated carbocycles. The summed E-state index contributed by atoms with van der Waals surface area (Å²) < 4.78 is 5.75. The highest BCUT2D eigenvalue weighted by atomic mass is 35.5. The molecule has 2 aromatic rings. The maximum Gasteiger partial charge on any atom is 0.239 e. The number of halogens is 1. The van der Waals surface area contributed by atoms with E-state index in [-0.39, 0.29) is 17.3 Å². The maximum atomic E-state index is 12.2. The van der Waals surface area contributed by atoms with Crippen LogP contribution >= 0.6 is 23.4 Å². The third-order valence-corrected chi connectivity index (χ3v) is 5.06. The fourth-order valence-electron chi connectivity index (χ4n) is 2.51. The van der Waals surface area contributed by atoms with Gasteiger partial charge in [0, 0.05) is 10.6 Å². The van der Waals surface area contributed by atoms with Crippen molar-refractivity contribution in [3.8, 4) is 5.75 Å². The normalized spacial score (nSPS) is 18.4. The Morgan fingerprint density at radius 3 is 2.70 bits per heavy atom. The molecule has 5 nitrogen and oxygen atoms in total. The van der Waals surface area contributed by atoms with Crippen molar-refractivity contribution < 1.29 is 9.53 Å². The van der Waals surface area contributed by atoms with E-state index in [1.54, 1.807) is 6.21 Å². The highest BCUT2D eigenvalue weighted by Crippen LogP contribution is 2.24. The van der Waals surface area contributed by atoms with Gasteiger partial charge in [0.1, 0.15) is 5.75 Å². The molecule has 0 radical (unpaired) electrons. The van der Waals surface area contributed by atoms with Crippen LogP contribution in [-0.4, -0.2) is 28.6 Å². The summed E-state index contributed by atoms with van der Waals surface area (Å²) in [6.45, 7) is 3.94. The summed E-state index contributed by atoms with van der Waals surface area (Å²) in [5, 5.41) is 12.0. The predicted octanol–water partition coefficient (Wildman–Crippen LogP) is 4.29. The maximum absolute atomic E-state index is 12.2. The number of para-hydroxylation sites is 1. The first-order valence-corrected chi connectivity index (χ1v) is 9.85. The van der Waals surface area contributed by atoms with Gasteiger partial charge in [-0.2, -0.15) is 5.10 Å². The molecule has 1 heterocycles. The zero-order valence-corrected chi connectivity index (χ0v) is 16.6. The zero-order chi connectivity index (χ0) is 19.2. The van der Waals surface area contributed by atoms with E-state index in [9.17, 15) is 4.79 Å². The second-order valence-electron chi connectivity index (χ2n) is 6.28. The van der Waals surface area contributed by atoms with E-state index in [2.05, 4.69) is 15.5 Å². The molecule has 1 saturated heterocycles. The number of carbonyl (C=O) groups excluding carboxylic acids is 1. The van der Waals surface area contributed by atoms with Crippen LogP contribution in [-0.2, 0) is 11.2 Å². The summed E-state index contributed by atoms with van der Waals surface area (Å²) in [5.74, 6) is 0.688. The van der Waals surface area contributed by atoms with Gasteiger partial charge in [0.05, 0.1) is 17.6 Å². The molecule has 0 spiro atoms. The molecule has 27 heavy (non-hydrogen) atoms. The van der Waals surface area contributed by atoms with Crippen LogP contribution in [0, 0.1) is 0 Å². The van der Waals surface area contributed by atoms with Crippen LogP contribution in [0.25, 0.3) is 0 Å². The van der Waals surface area contributed by atoms with Crippen molar-refractivity contribution in [1.82, 2.24) is 5.32 Å². The minimum absolute atomic E-state index is 0.0626. The van der Waals surface area contributed by atoms with Gasteiger partial charge in [0.2, 0.25) is 5.91 Å². The molecule has 140 valence electrons. The fourth-order valence-corrected chi connectivity index (χ4v) is 3.60. The number of rotatable bonds is 6. The lowest BCUT2D eigenvalue weighted by atomic mass is 10.1. The van der Waals surface area contributed by atoms with Crippen LogP contribution in [0.4, 0.5) is 0 Å². The lowest BCUT2D eigenvalue weighted by Gasteiger charge is -2.11. The standard InChI is InChI=1S/C20H20ClN3O2S/c1-13(2)26-17-6-4-3-5-15(17)12-22-24-20-23-19(25)18(27-20)11-14-7-9-16(21)10-8-14/h3-10,12-13,18H,11H2,1-2H3,(H,23,24,25)/b22-12-/t18-/m1/s1. The minimum atomic E-state index is -0.225. The van der Waals surface area contributed by atoms with Crippen molar-refractivity contribution in [3.05, 3.63) is 64.7 Å². The summed E-state index contributed by atoms with van der Waals surface area (Å²) in [6, 6.07) is 15.1. The Balaban J connectivity index is 1.64. The number of nitrogens with zero attached hydrogens (tertiary/aromatic N) is 2. The molecule has 3 rings (SSSR count). The SMILES string of the molecule is CC(C)Oc1ccccc1/C=N\N=C1/NC(=O)[C@@H](Cc2ccc(Cl)cc2)S1. The summed E-state index contributed by atoms with van der Waals surface area (Å²) in [5.41, 5.74) is 1.89. The number of nitrogens with one attached hydrogen (secondary N) is 1. The number of amides is 1. The van der Waals surface area contributed by atoms with Crippen LogP contribution in [0.15, 0.2) is 58.7 Å². The topological polar surface area (TPSA) is 63.1 Å². The predicted molar refractivity (Wildman–Crippen MR) is 112 cm³/mol. The average molecular weight is 402 g/mol. The van der Waals surface area contributed by atoms with Gasteiger partial charge in [-0.05, 0) is 50.1 Å². The van der Waals surface area contributed by atoms with E-state index in [0.29, 0.717) is 16.6 Å². The van der Waals surface area contributed by atoms with E-state index >= 15 is 0 Å². The van der Waals surface area contributed by atoms with E-state index < -0.39 is 0 Å². The summed E-state index contributed by atoms with van der Waals surface area (Å²) in [7, 11) is 0. The third-order valence-electron chi connectivity index (χ3n) is 3.74. The van der Waals surface area contributed by atoms with E-state index in [1.165, 1.54) is 11.8 Å². The number of amidine groups is 1. The molecule has 1 atom stereocenters. The van der Waals surface area contributed by atoms with Gasteiger partial charge in [-0.1, -0.05) is 47.6 Å². The average Bonchev–Trinajstić information content (AvgIpc) is 2.97. The number of benzene rings is 2. The molecule has 1 aliphatic heterocycles. The lowest BCUT2D eigenvalue weighted by molar-refractivity contribution is -0.118. The number of ether oxygens (including phenoxy) is 1. The molecule has 2 aromatic carbocycles. The van der Waals surface area contributed by atoms with Crippen molar-refractivity contribution >= 4 is 40.7 Å². The molecule has 0 aromatic heterocycles. The Morgan fingerprint density at radius 1 is 1.22 bits per heavy atom. The quantitative estimate of drug-likeness (QED) is 0.580. The first-order chi connectivity index (χ1) is 13.0. The number of thioether (sulfide) groups is 1. The number of carbonyl (C=O) groups is 1. The third kappa shape index (κ3) is 5.58. The zero-order valence-electron chi connectivity index (χ0n) is 15.1. The summed E-state index contributed by atoms with van der Waals surface area (Å²) >= 11 is 7.28. The Labute approximate surface area is 167 Å². The van der Waals surface area contributed by atoms with Crippen molar-refractivity contribution in [2.75, 3.05) is 0 Å². The fraction of sp³-hybridized carbons (Fsp3) is 0.250. The largest absolute Gasteiger partial charge is 0.490 e. The van der Waals surface area contributed by atoms with Crippen LogP contribution in [0.5, 0.6) is 5.75 Å². The molecule has 0 bridgehead atoms. The van der Waals surface area contributed by atoms with Gasteiger partial charge in [0.25, 0.3) is 0 Å². The van der Waals surface area contributed by atoms with E-state index in [4.69, 9.17) is 16.3 Å². The lowest BCUT2D eigenvalue weighted by Crippen LogP contribution is -2.25. The van der Waals surface area contributed by atoms with Gasteiger partial charge in [-0.15, -0.1) is 5.10 Å². The van der Waals surface area contributed by atoms with Gasteiger partial charge in [0.15, 0.2) is 5.17 Å². The van der Waals surface area contributed by atoms with Gasteiger partial charge in [-0.3, -0.25) is 4.79 Å². The van der Waals surface area contributed by atoms with Crippen LogP contribution in [0.3, 0.4) is 0 Å². The van der Waals surface area contributed by atoms with Gasteiger partial charge < -0.3 is 10.1 Å². The highest BCUT2D eigenvalue weighted by molar-refractivity contribution is 8.15. The smallest absolute Gasteiger partial charge is 0.239 e.